The maximum absolute atomic E-state index is 12.0. The number of nitrogens with one attached hydrogen (secondary N) is 1. The number of benzene rings is 1. The molecule has 1 aliphatic carbocycles. The van der Waals surface area contributed by atoms with Gasteiger partial charge in [0.05, 0.1) is 5.56 Å². The number of hydrogen-bond donors (Lipinski definition) is 2. The first-order valence-electron chi connectivity index (χ1n) is 11.3. The fraction of sp³-hybridized carbons (Fsp3) is 0.720. The number of hydrogen-bond acceptors (Lipinski definition) is 2. The molecule has 0 bridgehead atoms. The van der Waals surface area contributed by atoms with Crippen LogP contribution in [0, 0.1) is 5.92 Å². The molecule has 0 atom stereocenters. The van der Waals surface area contributed by atoms with Gasteiger partial charge in [0.1, 0.15) is 0 Å². The van der Waals surface area contributed by atoms with E-state index in [-0.39, 0.29) is 17.0 Å². The van der Waals surface area contributed by atoms with Crippen LogP contribution in [0.5, 0.6) is 0 Å². The van der Waals surface area contributed by atoms with Crippen LogP contribution in [0.2, 0.25) is 0 Å². The summed E-state index contributed by atoms with van der Waals surface area (Å²) >= 11 is 0. The maximum atomic E-state index is 12.0. The van der Waals surface area contributed by atoms with Crippen LogP contribution >= 0.6 is 0 Å². The summed E-state index contributed by atoms with van der Waals surface area (Å²) < 4.78 is 0. The third-order valence-corrected chi connectivity index (χ3v) is 6.95. The molecule has 1 saturated heterocycles. The number of carboxylic acids is 1. The van der Waals surface area contributed by atoms with Gasteiger partial charge in [-0.25, -0.2) is 4.79 Å². The van der Waals surface area contributed by atoms with E-state index in [4.69, 9.17) is 0 Å². The first-order chi connectivity index (χ1) is 13.1. The van der Waals surface area contributed by atoms with Crippen LogP contribution in [-0.4, -0.2) is 22.2 Å². The van der Waals surface area contributed by atoms with Gasteiger partial charge in [0.2, 0.25) is 0 Å². The second kappa shape index (κ2) is 8.18. The van der Waals surface area contributed by atoms with E-state index in [0.717, 1.165) is 24.3 Å². The molecule has 1 aromatic rings. The summed E-state index contributed by atoms with van der Waals surface area (Å²) in [5, 5.41) is 13.6. The van der Waals surface area contributed by atoms with Crippen molar-refractivity contribution in [2.45, 2.75) is 109 Å². The minimum atomic E-state index is -0.789. The number of piperidine rings is 1. The molecular weight excluding hydrogens is 346 g/mol. The van der Waals surface area contributed by atoms with Crippen LogP contribution in [0.3, 0.4) is 0 Å². The van der Waals surface area contributed by atoms with E-state index in [1.54, 1.807) is 0 Å². The Bertz CT molecular complexity index is 682. The van der Waals surface area contributed by atoms with Crippen molar-refractivity contribution in [3.05, 3.63) is 34.9 Å². The summed E-state index contributed by atoms with van der Waals surface area (Å²) in [6, 6.07) is 6.23. The predicted octanol–water partition coefficient (Wildman–Crippen LogP) is 6.48. The Kier molecular flexibility index (Phi) is 6.24. The first-order valence-corrected chi connectivity index (χ1v) is 11.3. The largest absolute Gasteiger partial charge is 0.478 e. The Labute approximate surface area is 171 Å². The van der Waals surface area contributed by atoms with Crippen molar-refractivity contribution in [2.24, 2.45) is 5.92 Å². The molecule has 2 N–H and O–H groups in total. The van der Waals surface area contributed by atoms with Crippen LogP contribution in [-0.2, 0) is 0 Å². The van der Waals surface area contributed by atoms with Crippen molar-refractivity contribution in [1.82, 2.24) is 5.32 Å². The predicted molar refractivity (Wildman–Crippen MR) is 116 cm³/mol. The highest BCUT2D eigenvalue weighted by molar-refractivity contribution is 5.89. The van der Waals surface area contributed by atoms with Crippen LogP contribution in [0.1, 0.15) is 119 Å². The average molecular weight is 386 g/mol. The molecule has 3 nitrogen and oxygen atoms in total. The molecule has 0 radical (unpaired) electrons. The zero-order valence-corrected chi connectivity index (χ0v) is 18.5. The lowest BCUT2D eigenvalue weighted by Gasteiger charge is -2.47. The van der Waals surface area contributed by atoms with Crippen molar-refractivity contribution < 1.29 is 9.90 Å². The summed E-state index contributed by atoms with van der Waals surface area (Å²) in [6.45, 7) is 11.2. The van der Waals surface area contributed by atoms with Gasteiger partial charge in [-0.15, -0.1) is 0 Å². The first kappa shape index (κ1) is 21.4. The molecule has 2 fully saturated rings. The quantitative estimate of drug-likeness (QED) is 0.609. The fourth-order valence-corrected chi connectivity index (χ4v) is 6.10. The molecule has 2 aliphatic rings. The minimum absolute atomic E-state index is 0.0103. The highest BCUT2D eigenvalue weighted by atomic mass is 16.4. The topological polar surface area (TPSA) is 49.3 Å². The lowest BCUT2D eigenvalue weighted by atomic mass is 9.71. The van der Waals surface area contributed by atoms with Crippen LogP contribution in [0.25, 0.3) is 0 Å². The lowest BCUT2D eigenvalue weighted by Crippen LogP contribution is -2.57. The molecule has 3 rings (SSSR count). The number of carbonyl (C=O) groups is 1. The minimum Gasteiger partial charge on any atom is -0.478 e. The van der Waals surface area contributed by atoms with E-state index in [1.807, 2.05) is 6.07 Å². The lowest BCUT2D eigenvalue weighted by molar-refractivity contribution is 0.0692. The van der Waals surface area contributed by atoms with E-state index in [0.29, 0.717) is 11.5 Å². The van der Waals surface area contributed by atoms with E-state index in [1.165, 1.54) is 44.1 Å². The van der Waals surface area contributed by atoms with E-state index < -0.39 is 5.97 Å². The fourth-order valence-electron chi connectivity index (χ4n) is 6.10. The normalized spacial score (nSPS) is 27.5. The summed E-state index contributed by atoms with van der Waals surface area (Å²) in [4.78, 5) is 12.0. The van der Waals surface area contributed by atoms with E-state index >= 15 is 0 Å². The second-order valence-electron chi connectivity index (χ2n) is 10.7. The van der Waals surface area contributed by atoms with Gasteiger partial charge in [-0.3, -0.25) is 0 Å². The average Bonchev–Trinajstić information content (AvgIpc) is 2.59. The van der Waals surface area contributed by atoms with Crippen LogP contribution in [0.15, 0.2) is 18.2 Å². The van der Waals surface area contributed by atoms with Crippen LogP contribution in [0.4, 0.5) is 0 Å². The zero-order chi connectivity index (χ0) is 20.5. The summed E-state index contributed by atoms with van der Waals surface area (Å²) in [5.41, 5.74) is 2.95. The van der Waals surface area contributed by atoms with Crippen molar-refractivity contribution in [3.63, 3.8) is 0 Å². The molecular formula is C25H39NO2. The molecule has 1 aromatic carbocycles. The number of rotatable bonds is 5. The Balaban J connectivity index is 1.88. The van der Waals surface area contributed by atoms with Crippen LogP contribution < -0.4 is 5.32 Å². The highest BCUT2D eigenvalue weighted by Gasteiger charge is 2.39. The van der Waals surface area contributed by atoms with Gasteiger partial charge in [0.15, 0.2) is 0 Å². The Morgan fingerprint density at radius 2 is 1.64 bits per heavy atom. The van der Waals surface area contributed by atoms with Crippen molar-refractivity contribution >= 4 is 5.97 Å². The number of aromatic carboxylic acids is 1. The van der Waals surface area contributed by atoms with Gasteiger partial charge < -0.3 is 10.4 Å². The standard InChI is InChI=1S/C25H39NO2/c1-6-7-17-8-10-18(11-9-17)19-12-13-21(23(27)28)22(14-19)20-15-24(2,3)26-25(4,5)16-20/h12-14,17-18,20,26H,6-11,15-16H2,1-5H3,(H,27,28). The summed E-state index contributed by atoms with van der Waals surface area (Å²) in [7, 11) is 0. The molecule has 1 aliphatic heterocycles. The number of carboxylic acid groups (broad SMARTS) is 1. The monoisotopic (exact) mass is 385 g/mol. The van der Waals surface area contributed by atoms with Crippen molar-refractivity contribution in [1.29, 1.82) is 0 Å². The van der Waals surface area contributed by atoms with Crippen molar-refractivity contribution in [2.75, 3.05) is 0 Å². The molecule has 28 heavy (non-hydrogen) atoms. The van der Waals surface area contributed by atoms with Gasteiger partial charge in [-0.05, 0) is 101 Å². The van der Waals surface area contributed by atoms with Gasteiger partial charge in [-0.2, -0.15) is 0 Å². The zero-order valence-electron chi connectivity index (χ0n) is 18.5. The molecule has 1 heterocycles. The third-order valence-electron chi connectivity index (χ3n) is 6.95. The van der Waals surface area contributed by atoms with E-state index in [9.17, 15) is 9.90 Å². The molecule has 0 aromatic heterocycles. The Morgan fingerprint density at radius 3 is 2.18 bits per heavy atom. The molecule has 1 saturated carbocycles. The Hall–Kier alpha value is -1.35. The van der Waals surface area contributed by atoms with E-state index in [2.05, 4.69) is 52.1 Å². The molecule has 3 heteroatoms. The van der Waals surface area contributed by atoms with Gasteiger partial charge in [0.25, 0.3) is 0 Å². The summed E-state index contributed by atoms with van der Waals surface area (Å²) in [6.07, 6.45) is 9.74. The SMILES string of the molecule is CCCC1CCC(c2ccc(C(=O)O)c(C3CC(C)(C)NC(C)(C)C3)c2)CC1. The van der Waals surface area contributed by atoms with Gasteiger partial charge >= 0.3 is 5.97 Å². The second-order valence-corrected chi connectivity index (χ2v) is 10.7. The Morgan fingerprint density at radius 1 is 1.04 bits per heavy atom. The van der Waals surface area contributed by atoms with Gasteiger partial charge in [0, 0.05) is 11.1 Å². The maximum Gasteiger partial charge on any atom is 0.335 e. The molecule has 0 amide bonds. The smallest absolute Gasteiger partial charge is 0.335 e. The van der Waals surface area contributed by atoms with Crippen molar-refractivity contribution in [3.8, 4) is 0 Å². The molecule has 0 unspecified atom stereocenters. The molecule has 156 valence electrons. The highest BCUT2D eigenvalue weighted by Crippen LogP contribution is 2.43. The molecule has 0 spiro atoms. The third kappa shape index (κ3) is 4.97. The van der Waals surface area contributed by atoms with Gasteiger partial charge in [-0.1, -0.05) is 31.9 Å². The summed E-state index contributed by atoms with van der Waals surface area (Å²) in [5.74, 6) is 0.985.